The molecule has 2 aromatic rings. The second-order valence-corrected chi connectivity index (χ2v) is 4.33. The molecule has 0 saturated heterocycles. The molecule has 0 atom stereocenters. The van der Waals surface area contributed by atoms with Gasteiger partial charge < -0.3 is 9.15 Å². The molecule has 0 saturated carbocycles. The molecule has 0 bridgehead atoms. The van der Waals surface area contributed by atoms with Crippen LogP contribution in [0.25, 0.3) is 11.0 Å². The van der Waals surface area contributed by atoms with Crippen molar-refractivity contribution in [2.24, 2.45) is 0 Å². The van der Waals surface area contributed by atoms with Gasteiger partial charge in [-0.15, -0.1) is 0 Å². The van der Waals surface area contributed by atoms with Gasteiger partial charge in [0.15, 0.2) is 0 Å². The molecule has 0 fully saturated rings. The van der Waals surface area contributed by atoms with Crippen molar-refractivity contribution in [2.75, 3.05) is 6.61 Å². The number of ether oxygens (including phenoxy) is 1. The van der Waals surface area contributed by atoms with Gasteiger partial charge in [-0.2, -0.15) is 0 Å². The first-order valence-corrected chi connectivity index (χ1v) is 6.24. The van der Waals surface area contributed by atoms with Gasteiger partial charge in [-0.05, 0) is 30.9 Å². The van der Waals surface area contributed by atoms with E-state index in [1.807, 2.05) is 18.4 Å². The smallest absolute Gasteiger partial charge is 0.134 e. The summed E-state index contributed by atoms with van der Waals surface area (Å²) in [6.45, 7) is 0.772. The summed E-state index contributed by atoms with van der Waals surface area (Å²) in [5.41, 5.74) is 2.32. The Labute approximate surface area is 103 Å². The lowest BCUT2D eigenvalue weighted by Gasteiger charge is -2.00. The van der Waals surface area contributed by atoms with Gasteiger partial charge in [0.1, 0.15) is 5.58 Å². The highest BCUT2D eigenvalue weighted by Crippen LogP contribution is 2.22. The van der Waals surface area contributed by atoms with Crippen molar-refractivity contribution in [1.29, 1.82) is 0 Å². The maximum atomic E-state index is 5.52. The Bertz CT molecular complexity index is 445. The number of para-hydroxylation sites is 1. The van der Waals surface area contributed by atoms with Crippen LogP contribution in [0.5, 0.6) is 0 Å². The van der Waals surface area contributed by atoms with Crippen LogP contribution in [-0.4, -0.2) is 6.61 Å². The Kier molecular flexibility index (Phi) is 4.63. The van der Waals surface area contributed by atoms with Crippen molar-refractivity contribution in [1.82, 2.24) is 0 Å². The topological polar surface area (TPSA) is 22.4 Å². The van der Waals surface area contributed by atoms with E-state index >= 15 is 0 Å². The van der Waals surface area contributed by atoms with E-state index in [4.69, 9.17) is 9.15 Å². The maximum Gasteiger partial charge on any atom is 0.134 e. The van der Waals surface area contributed by atoms with Gasteiger partial charge in [0.2, 0.25) is 0 Å². The third-order valence-electron chi connectivity index (χ3n) is 3.05. The van der Waals surface area contributed by atoms with Crippen molar-refractivity contribution < 1.29 is 9.15 Å². The fourth-order valence-corrected chi connectivity index (χ4v) is 2.10. The van der Waals surface area contributed by atoms with Gasteiger partial charge >= 0.3 is 0 Å². The fraction of sp³-hybridized carbons (Fsp3) is 0.400. The Morgan fingerprint density at radius 3 is 2.76 bits per heavy atom. The number of unbranched alkanes of at least 4 members (excludes halogenated alkanes) is 3. The van der Waals surface area contributed by atoms with Gasteiger partial charge in [-0.1, -0.05) is 31.0 Å². The van der Waals surface area contributed by atoms with Crippen molar-refractivity contribution in [3.8, 4) is 0 Å². The number of furan rings is 1. The molecule has 17 heavy (non-hydrogen) atoms. The SMILES string of the molecule is [CH2]OCCCCCCc1coc2ccccc12. The number of benzene rings is 1. The highest BCUT2D eigenvalue weighted by molar-refractivity contribution is 5.80. The number of hydrogen-bond donors (Lipinski definition) is 0. The summed E-state index contributed by atoms with van der Waals surface area (Å²) in [4.78, 5) is 0. The van der Waals surface area contributed by atoms with Crippen LogP contribution in [0.2, 0.25) is 0 Å². The largest absolute Gasteiger partial charge is 0.464 e. The predicted molar refractivity (Wildman–Crippen MR) is 69.7 cm³/mol. The molecule has 2 nitrogen and oxygen atoms in total. The average molecular weight is 231 g/mol. The molecule has 1 aromatic heterocycles. The monoisotopic (exact) mass is 231 g/mol. The van der Waals surface area contributed by atoms with E-state index in [-0.39, 0.29) is 0 Å². The molecule has 2 rings (SSSR count). The Morgan fingerprint density at radius 1 is 1.06 bits per heavy atom. The zero-order valence-electron chi connectivity index (χ0n) is 10.2. The van der Waals surface area contributed by atoms with Crippen molar-refractivity contribution in [3.63, 3.8) is 0 Å². The molecule has 0 N–H and O–H groups in total. The second kappa shape index (κ2) is 6.45. The summed E-state index contributed by atoms with van der Waals surface area (Å²) < 4.78 is 10.3. The van der Waals surface area contributed by atoms with E-state index in [9.17, 15) is 0 Å². The molecule has 0 amide bonds. The zero-order chi connectivity index (χ0) is 11.9. The normalized spacial score (nSPS) is 11.1. The number of fused-ring (bicyclic) bond motifs is 1. The first-order chi connectivity index (χ1) is 8.42. The summed E-state index contributed by atoms with van der Waals surface area (Å²) in [5, 5.41) is 1.26. The molecule has 1 heterocycles. The molecule has 2 heteroatoms. The quantitative estimate of drug-likeness (QED) is 0.661. The molecule has 1 radical (unpaired) electrons. The van der Waals surface area contributed by atoms with Gasteiger partial charge in [0.05, 0.1) is 13.4 Å². The van der Waals surface area contributed by atoms with E-state index in [2.05, 4.69) is 19.2 Å². The van der Waals surface area contributed by atoms with E-state index in [1.165, 1.54) is 30.2 Å². The van der Waals surface area contributed by atoms with Gasteiger partial charge in [-0.25, -0.2) is 0 Å². The minimum absolute atomic E-state index is 0.772. The van der Waals surface area contributed by atoms with Crippen LogP contribution in [-0.2, 0) is 11.2 Å². The molecule has 0 unspecified atom stereocenters. The molecular weight excluding hydrogens is 212 g/mol. The summed E-state index contributed by atoms with van der Waals surface area (Å²) in [7, 11) is 3.37. The number of aryl methyl sites for hydroxylation is 1. The Balaban J connectivity index is 1.79. The van der Waals surface area contributed by atoms with E-state index < -0.39 is 0 Å². The average Bonchev–Trinajstić information content (AvgIpc) is 2.77. The van der Waals surface area contributed by atoms with Gasteiger partial charge in [-0.3, -0.25) is 0 Å². The molecule has 0 aliphatic carbocycles. The van der Waals surface area contributed by atoms with E-state index in [1.54, 1.807) is 0 Å². The summed E-state index contributed by atoms with van der Waals surface area (Å²) in [6, 6.07) is 8.22. The van der Waals surface area contributed by atoms with E-state index in [0.29, 0.717) is 0 Å². The van der Waals surface area contributed by atoms with E-state index in [0.717, 1.165) is 25.0 Å². The zero-order valence-corrected chi connectivity index (χ0v) is 10.2. The lowest BCUT2D eigenvalue weighted by atomic mass is 10.1. The lowest BCUT2D eigenvalue weighted by molar-refractivity contribution is 0.233. The third kappa shape index (κ3) is 3.34. The molecule has 0 spiro atoms. The lowest BCUT2D eigenvalue weighted by Crippen LogP contribution is -1.88. The third-order valence-corrected chi connectivity index (χ3v) is 3.05. The van der Waals surface area contributed by atoms with Crippen molar-refractivity contribution in [2.45, 2.75) is 32.1 Å². The highest BCUT2D eigenvalue weighted by atomic mass is 16.5. The van der Waals surface area contributed by atoms with Crippen molar-refractivity contribution in [3.05, 3.63) is 43.2 Å². The predicted octanol–water partition coefficient (Wildman–Crippen LogP) is 4.34. The Morgan fingerprint density at radius 2 is 1.88 bits per heavy atom. The van der Waals surface area contributed by atoms with Gasteiger partial charge in [0.25, 0.3) is 0 Å². The molecule has 0 aliphatic rings. The second-order valence-electron chi connectivity index (χ2n) is 4.33. The number of hydrogen-bond acceptors (Lipinski definition) is 2. The van der Waals surface area contributed by atoms with Crippen molar-refractivity contribution >= 4 is 11.0 Å². The first kappa shape index (κ1) is 12.2. The summed E-state index contributed by atoms with van der Waals surface area (Å²) >= 11 is 0. The maximum absolute atomic E-state index is 5.52. The van der Waals surface area contributed by atoms with Crippen LogP contribution < -0.4 is 0 Å². The minimum Gasteiger partial charge on any atom is -0.464 e. The molecular formula is C15H19O2. The fourth-order valence-electron chi connectivity index (χ4n) is 2.10. The van der Waals surface area contributed by atoms with Crippen LogP contribution in [0.1, 0.15) is 31.2 Å². The first-order valence-electron chi connectivity index (χ1n) is 6.24. The van der Waals surface area contributed by atoms with Crippen LogP contribution in [0.15, 0.2) is 34.9 Å². The standard InChI is InChI=1S/C15H19O2/c1-16-11-7-3-2-4-8-13-12-17-15-10-6-5-9-14(13)15/h5-6,9-10,12H,1-4,7-8,11H2. The summed E-state index contributed by atoms with van der Waals surface area (Å²) in [5.74, 6) is 0. The van der Waals surface area contributed by atoms with Crippen LogP contribution in [0, 0.1) is 7.11 Å². The van der Waals surface area contributed by atoms with Crippen LogP contribution in [0.3, 0.4) is 0 Å². The minimum atomic E-state index is 0.772. The van der Waals surface area contributed by atoms with Gasteiger partial charge in [0, 0.05) is 12.0 Å². The molecule has 1 aromatic carbocycles. The van der Waals surface area contributed by atoms with Crippen LogP contribution >= 0.6 is 0 Å². The number of rotatable bonds is 7. The summed E-state index contributed by atoms with van der Waals surface area (Å²) in [6.07, 6.45) is 7.76. The van der Waals surface area contributed by atoms with Crippen LogP contribution in [0.4, 0.5) is 0 Å². The Hall–Kier alpha value is -1.28. The molecule has 91 valence electrons. The highest BCUT2D eigenvalue weighted by Gasteiger charge is 2.03. The molecule has 0 aliphatic heterocycles.